The second-order valence-corrected chi connectivity index (χ2v) is 4.47. The summed E-state index contributed by atoms with van der Waals surface area (Å²) >= 11 is 0. The van der Waals surface area contributed by atoms with Crippen LogP contribution in [0.4, 0.5) is 4.39 Å². The highest BCUT2D eigenvalue weighted by Gasteiger charge is 2.32. The third-order valence-electron chi connectivity index (χ3n) is 3.39. The summed E-state index contributed by atoms with van der Waals surface area (Å²) in [5, 5.41) is 10.4. The van der Waals surface area contributed by atoms with Gasteiger partial charge in [0, 0.05) is 0 Å². The van der Waals surface area contributed by atoms with Crippen molar-refractivity contribution in [3.63, 3.8) is 0 Å². The summed E-state index contributed by atoms with van der Waals surface area (Å²) in [6.07, 6.45) is 11.9. The molecule has 0 aromatic carbocycles. The van der Waals surface area contributed by atoms with Gasteiger partial charge in [-0.2, -0.15) is 0 Å². The molecule has 0 radical (unpaired) electrons. The van der Waals surface area contributed by atoms with Crippen LogP contribution < -0.4 is 0 Å². The fraction of sp³-hybridized carbons (Fsp3) is 0.538. The Morgan fingerprint density at radius 3 is 2.47 bits per heavy atom. The molecule has 0 heterocycles. The van der Waals surface area contributed by atoms with Crippen LogP contribution in [0.5, 0.6) is 0 Å². The molecule has 1 N–H and O–H groups in total. The Labute approximate surface area is 90.0 Å². The molecule has 0 amide bonds. The van der Waals surface area contributed by atoms with Crippen LogP contribution in [0.25, 0.3) is 0 Å². The Bertz CT molecular complexity index is 319. The molecule has 1 fully saturated rings. The number of aliphatic hydroxyl groups is 1. The molecule has 2 aliphatic rings. The van der Waals surface area contributed by atoms with E-state index >= 15 is 0 Å². The van der Waals surface area contributed by atoms with Gasteiger partial charge in [-0.05, 0) is 30.4 Å². The van der Waals surface area contributed by atoms with Crippen molar-refractivity contribution in [1.29, 1.82) is 0 Å². The van der Waals surface area contributed by atoms with E-state index in [0.717, 1.165) is 31.3 Å². The molecule has 0 aliphatic heterocycles. The fourth-order valence-corrected chi connectivity index (χ4v) is 2.41. The van der Waals surface area contributed by atoms with Gasteiger partial charge < -0.3 is 5.11 Å². The quantitative estimate of drug-likeness (QED) is 0.700. The highest BCUT2D eigenvalue weighted by Crippen LogP contribution is 2.36. The molecular weight excluding hydrogens is 191 g/mol. The number of hydrogen-bond acceptors (Lipinski definition) is 1. The van der Waals surface area contributed by atoms with Crippen LogP contribution in [0.2, 0.25) is 0 Å². The highest BCUT2D eigenvalue weighted by molar-refractivity contribution is 5.39. The maximum Gasteiger partial charge on any atom is 0.0902 e. The van der Waals surface area contributed by atoms with E-state index in [1.807, 2.05) is 12.2 Å². The summed E-state index contributed by atoms with van der Waals surface area (Å²) in [6, 6.07) is 0. The van der Waals surface area contributed by atoms with Crippen molar-refractivity contribution in [3.05, 3.63) is 35.7 Å². The summed E-state index contributed by atoms with van der Waals surface area (Å²) in [6.45, 7) is 0. The van der Waals surface area contributed by atoms with Crippen LogP contribution >= 0.6 is 0 Å². The average molecular weight is 208 g/mol. The van der Waals surface area contributed by atoms with Crippen molar-refractivity contribution >= 4 is 0 Å². The molecule has 2 rings (SSSR count). The van der Waals surface area contributed by atoms with Crippen molar-refractivity contribution in [2.75, 3.05) is 0 Å². The predicted molar refractivity (Wildman–Crippen MR) is 59.1 cm³/mol. The summed E-state index contributed by atoms with van der Waals surface area (Å²) < 4.78 is 12.2. The maximum atomic E-state index is 12.2. The number of halogens is 1. The third-order valence-corrected chi connectivity index (χ3v) is 3.39. The topological polar surface area (TPSA) is 20.2 Å². The van der Waals surface area contributed by atoms with Crippen molar-refractivity contribution in [3.8, 4) is 0 Å². The molecule has 82 valence electrons. The summed E-state index contributed by atoms with van der Waals surface area (Å²) in [7, 11) is 0. The Balaban J connectivity index is 2.12. The monoisotopic (exact) mass is 208 g/mol. The first kappa shape index (κ1) is 10.6. The van der Waals surface area contributed by atoms with Crippen LogP contribution in [0.3, 0.4) is 0 Å². The first-order valence-corrected chi connectivity index (χ1v) is 5.65. The molecule has 0 atom stereocenters. The standard InChI is InChI=1S/C13H17FO/c14-10-11-4-6-12(7-5-11)13(15)8-2-1-3-9-13/h4,6-7,10,15H,1-3,5,8-9H2. The van der Waals surface area contributed by atoms with Crippen LogP contribution in [0, 0.1) is 0 Å². The minimum absolute atomic E-state index is 0.602. The van der Waals surface area contributed by atoms with E-state index in [0.29, 0.717) is 18.3 Å². The van der Waals surface area contributed by atoms with E-state index < -0.39 is 5.60 Å². The average Bonchev–Trinajstić information content (AvgIpc) is 2.30. The lowest BCUT2D eigenvalue weighted by Crippen LogP contribution is -2.33. The van der Waals surface area contributed by atoms with E-state index in [-0.39, 0.29) is 0 Å². The van der Waals surface area contributed by atoms with Crippen molar-refractivity contribution in [1.82, 2.24) is 0 Å². The Hall–Kier alpha value is -0.890. The third kappa shape index (κ3) is 2.20. The lowest BCUT2D eigenvalue weighted by Gasteiger charge is -2.34. The second-order valence-electron chi connectivity index (χ2n) is 4.47. The SMILES string of the molecule is OC1(C2=CCC(=CF)C=C2)CCCCC1. The van der Waals surface area contributed by atoms with Crippen LogP contribution in [0.1, 0.15) is 38.5 Å². The van der Waals surface area contributed by atoms with E-state index in [4.69, 9.17) is 0 Å². The molecule has 0 spiro atoms. The van der Waals surface area contributed by atoms with Gasteiger partial charge in [0.05, 0.1) is 11.9 Å². The van der Waals surface area contributed by atoms with E-state index in [2.05, 4.69) is 0 Å². The van der Waals surface area contributed by atoms with Gasteiger partial charge in [-0.3, -0.25) is 0 Å². The molecule has 0 aromatic rings. The summed E-state index contributed by atoms with van der Waals surface area (Å²) in [5.41, 5.74) is 1.02. The van der Waals surface area contributed by atoms with Gasteiger partial charge in [0.2, 0.25) is 0 Å². The van der Waals surface area contributed by atoms with Crippen LogP contribution in [-0.4, -0.2) is 10.7 Å². The van der Waals surface area contributed by atoms with Gasteiger partial charge in [-0.25, -0.2) is 4.39 Å². The van der Waals surface area contributed by atoms with Gasteiger partial charge in [0.15, 0.2) is 0 Å². The van der Waals surface area contributed by atoms with E-state index in [1.165, 1.54) is 6.42 Å². The van der Waals surface area contributed by atoms with Gasteiger partial charge in [-0.1, -0.05) is 37.5 Å². The van der Waals surface area contributed by atoms with E-state index in [9.17, 15) is 9.50 Å². The Kier molecular flexibility index (Phi) is 3.06. The smallest absolute Gasteiger partial charge is 0.0902 e. The first-order chi connectivity index (χ1) is 7.24. The summed E-state index contributed by atoms with van der Waals surface area (Å²) in [4.78, 5) is 0. The first-order valence-electron chi connectivity index (χ1n) is 5.65. The molecule has 2 heteroatoms. The molecule has 1 nitrogen and oxygen atoms in total. The lowest BCUT2D eigenvalue weighted by atomic mass is 9.77. The van der Waals surface area contributed by atoms with Crippen molar-refractivity contribution in [2.45, 2.75) is 44.1 Å². The molecule has 0 unspecified atom stereocenters. The molecule has 15 heavy (non-hydrogen) atoms. The number of allylic oxidation sites excluding steroid dienone is 3. The lowest BCUT2D eigenvalue weighted by molar-refractivity contribution is 0.0426. The Morgan fingerprint density at radius 1 is 1.20 bits per heavy atom. The van der Waals surface area contributed by atoms with Gasteiger partial charge >= 0.3 is 0 Å². The second kappa shape index (κ2) is 4.31. The van der Waals surface area contributed by atoms with Gasteiger partial charge in [-0.15, -0.1) is 0 Å². The van der Waals surface area contributed by atoms with E-state index in [1.54, 1.807) is 6.08 Å². The zero-order chi connectivity index (χ0) is 10.7. The number of rotatable bonds is 1. The molecule has 2 aliphatic carbocycles. The molecule has 1 saturated carbocycles. The highest BCUT2D eigenvalue weighted by atomic mass is 19.1. The largest absolute Gasteiger partial charge is 0.385 e. The minimum atomic E-state index is -0.642. The molecule has 0 bridgehead atoms. The normalized spacial score (nSPS) is 27.9. The van der Waals surface area contributed by atoms with Gasteiger partial charge in [0.25, 0.3) is 0 Å². The zero-order valence-electron chi connectivity index (χ0n) is 8.88. The summed E-state index contributed by atoms with van der Waals surface area (Å²) in [5.74, 6) is 0. The molecular formula is C13H17FO. The Morgan fingerprint density at radius 2 is 1.93 bits per heavy atom. The molecule has 0 aromatic heterocycles. The van der Waals surface area contributed by atoms with Crippen molar-refractivity contribution in [2.24, 2.45) is 0 Å². The zero-order valence-corrected chi connectivity index (χ0v) is 8.88. The molecule has 0 saturated heterocycles. The maximum absolute atomic E-state index is 12.2. The van der Waals surface area contributed by atoms with Crippen LogP contribution in [-0.2, 0) is 0 Å². The van der Waals surface area contributed by atoms with Crippen molar-refractivity contribution < 1.29 is 9.50 Å². The number of hydrogen-bond donors (Lipinski definition) is 1. The van der Waals surface area contributed by atoms with Crippen LogP contribution in [0.15, 0.2) is 35.7 Å². The van der Waals surface area contributed by atoms with Gasteiger partial charge in [0.1, 0.15) is 0 Å². The fourth-order valence-electron chi connectivity index (χ4n) is 2.41. The predicted octanol–water partition coefficient (Wildman–Crippen LogP) is 3.42. The minimum Gasteiger partial charge on any atom is -0.385 e.